The Labute approximate surface area is 153 Å². The van der Waals surface area contributed by atoms with Crippen LogP contribution in [0.4, 0.5) is 4.39 Å². The van der Waals surface area contributed by atoms with Gasteiger partial charge < -0.3 is 15.0 Å². The van der Waals surface area contributed by atoms with Gasteiger partial charge in [-0.25, -0.2) is 17.9 Å². The van der Waals surface area contributed by atoms with Crippen LogP contribution in [0.2, 0.25) is 0 Å². The number of likely N-dealkylation sites (tertiary alicyclic amines) is 1. The van der Waals surface area contributed by atoms with Gasteiger partial charge in [0, 0.05) is 19.1 Å². The number of nitrogens with two attached hydrogens (primary N) is 1. The number of primary sulfonamides is 1. The maximum atomic E-state index is 14.1. The summed E-state index contributed by atoms with van der Waals surface area (Å²) in [5, 5.41) is 8.24. The van der Waals surface area contributed by atoms with Crippen LogP contribution >= 0.6 is 12.4 Å². The minimum absolute atomic E-state index is 0. The maximum absolute atomic E-state index is 14.1. The normalized spacial score (nSPS) is 17.8. The van der Waals surface area contributed by atoms with Gasteiger partial charge in [-0.15, -0.1) is 12.4 Å². The topological polar surface area (TPSA) is 102 Å². The first-order valence-corrected chi connectivity index (χ1v) is 9.15. The Balaban J connectivity index is 0.00000312. The van der Waals surface area contributed by atoms with Crippen LogP contribution in [0, 0.1) is 5.82 Å². The highest BCUT2D eigenvalue weighted by Crippen LogP contribution is 2.28. The lowest BCUT2D eigenvalue weighted by Crippen LogP contribution is -2.47. The molecule has 1 aromatic carbocycles. The second-order valence-corrected chi connectivity index (χ2v) is 7.33. The van der Waals surface area contributed by atoms with E-state index in [2.05, 4.69) is 5.32 Å². The molecule has 3 N–H and O–H groups in total. The SMILES string of the molecule is CNC1CCCN(C(=O)Cc2cc(F)c(OC)c(S(N)(=O)=O)c2)C1.Cl. The van der Waals surface area contributed by atoms with E-state index in [9.17, 15) is 17.6 Å². The minimum atomic E-state index is -4.16. The van der Waals surface area contributed by atoms with Gasteiger partial charge in [0.25, 0.3) is 0 Å². The van der Waals surface area contributed by atoms with Gasteiger partial charge in [-0.2, -0.15) is 0 Å². The van der Waals surface area contributed by atoms with Crippen molar-refractivity contribution >= 4 is 28.3 Å². The molecule has 0 aromatic heterocycles. The van der Waals surface area contributed by atoms with Crippen molar-refractivity contribution in [2.45, 2.75) is 30.2 Å². The number of carbonyl (C=O) groups excluding carboxylic acids is 1. The zero-order valence-corrected chi connectivity index (χ0v) is 15.8. The lowest BCUT2D eigenvalue weighted by Gasteiger charge is -2.32. The lowest BCUT2D eigenvalue weighted by atomic mass is 10.0. The summed E-state index contributed by atoms with van der Waals surface area (Å²) in [6, 6.07) is 2.52. The molecule has 0 saturated carbocycles. The summed E-state index contributed by atoms with van der Waals surface area (Å²) in [4.78, 5) is 13.7. The largest absolute Gasteiger partial charge is 0.492 e. The Morgan fingerprint density at radius 3 is 2.72 bits per heavy atom. The molecule has 1 saturated heterocycles. The average Bonchev–Trinajstić information content (AvgIpc) is 2.53. The number of nitrogens with zero attached hydrogens (tertiary/aromatic N) is 1. The van der Waals surface area contributed by atoms with Crippen molar-refractivity contribution in [1.82, 2.24) is 10.2 Å². The molecule has 142 valence electrons. The molecule has 1 amide bonds. The van der Waals surface area contributed by atoms with Gasteiger partial charge in [-0.05, 0) is 37.6 Å². The van der Waals surface area contributed by atoms with E-state index < -0.39 is 26.5 Å². The van der Waals surface area contributed by atoms with Crippen LogP contribution in [-0.2, 0) is 21.2 Å². The third-order valence-corrected chi connectivity index (χ3v) is 5.03. The zero-order valence-electron chi connectivity index (χ0n) is 14.1. The Hall–Kier alpha value is -1.42. The molecule has 1 aliphatic heterocycles. The van der Waals surface area contributed by atoms with E-state index in [0.717, 1.165) is 26.0 Å². The van der Waals surface area contributed by atoms with E-state index in [1.165, 1.54) is 6.07 Å². The zero-order chi connectivity index (χ0) is 17.9. The first-order valence-electron chi connectivity index (χ1n) is 7.60. The number of halogens is 2. The predicted octanol–water partition coefficient (Wildman–Crippen LogP) is 0.656. The molecule has 25 heavy (non-hydrogen) atoms. The third kappa shape index (κ3) is 5.27. The summed E-state index contributed by atoms with van der Waals surface area (Å²) < 4.78 is 42.1. The highest BCUT2D eigenvalue weighted by Gasteiger charge is 2.25. The number of carbonyl (C=O) groups is 1. The van der Waals surface area contributed by atoms with E-state index in [0.29, 0.717) is 13.1 Å². The fourth-order valence-electron chi connectivity index (χ4n) is 2.86. The van der Waals surface area contributed by atoms with Gasteiger partial charge in [0.15, 0.2) is 11.6 Å². The molecular formula is C15H23ClFN3O4S. The molecule has 2 rings (SSSR count). The second kappa shape index (κ2) is 8.79. The van der Waals surface area contributed by atoms with E-state index in [1.807, 2.05) is 7.05 Å². The van der Waals surface area contributed by atoms with Gasteiger partial charge in [-0.3, -0.25) is 4.79 Å². The van der Waals surface area contributed by atoms with Crippen LogP contribution in [0.15, 0.2) is 17.0 Å². The van der Waals surface area contributed by atoms with Crippen LogP contribution in [0.25, 0.3) is 0 Å². The van der Waals surface area contributed by atoms with Crippen LogP contribution in [0.1, 0.15) is 18.4 Å². The molecule has 7 nitrogen and oxygen atoms in total. The summed E-state index contributed by atoms with van der Waals surface area (Å²) in [5.41, 5.74) is 0.244. The van der Waals surface area contributed by atoms with Crippen molar-refractivity contribution in [1.29, 1.82) is 0 Å². The number of methoxy groups -OCH3 is 1. The highest BCUT2D eigenvalue weighted by atomic mass is 35.5. The standard InChI is InChI=1S/C15H22FN3O4S.ClH/c1-18-11-4-3-5-19(9-11)14(20)8-10-6-12(16)15(23-2)13(7-10)24(17,21)22;/h6-7,11,18H,3-5,8-9H2,1-2H3,(H2,17,21,22);1H. The average molecular weight is 396 g/mol. The number of nitrogens with one attached hydrogen (secondary N) is 1. The predicted molar refractivity (Wildman–Crippen MR) is 93.9 cm³/mol. The van der Waals surface area contributed by atoms with Crippen molar-refractivity contribution < 1.29 is 22.3 Å². The number of hydrogen-bond donors (Lipinski definition) is 2. The van der Waals surface area contributed by atoms with Crippen LogP contribution < -0.4 is 15.2 Å². The quantitative estimate of drug-likeness (QED) is 0.762. The van der Waals surface area contributed by atoms with Crippen molar-refractivity contribution in [2.24, 2.45) is 5.14 Å². The number of ether oxygens (including phenoxy) is 1. The van der Waals surface area contributed by atoms with Crippen LogP contribution in [0.5, 0.6) is 5.75 Å². The van der Waals surface area contributed by atoms with Crippen LogP contribution in [-0.4, -0.2) is 52.5 Å². The van der Waals surface area contributed by atoms with Gasteiger partial charge in [0.05, 0.1) is 13.5 Å². The number of amides is 1. The molecule has 10 heteroatoms. The van der Waals surface area contributed by atoms with Gasteiger partial charge >= 0.3 is 0 Å². The van der Waals surface area contributed by atoms with Crippen molar-refractivity contribution in [3.05, 3.63) is 23.5 Å². The fourth-order valence-corrected chi connectivity index (χ4v) is 3.61. The first-order chi connectivity index (χ1) is 11.3. The number of likely N-dealkylation sites (N-methyl/N-ethyl adjacent to an activating group) is 1. The van der Waals surface area contributed by atoms with Crippen molar-refractivity contribution in [3.63, 3.8) is 0 Å². The number of piperidine rings is 1. The molecule has 1 atom stereocenters. The van der Waals surface area contributed by atoms with Crippen LogP contribution in [0.3, 0.4) is 0 Å². The smallest absolute Gasteiger partial charge is 0.241 e. The Kier molecular flexibility index (Phi) is 7.61. The molecule has 0 radical (unpaired) electrons. The maximum Gasteiger partial charge on any atom is 0.241 e. The second-order valence-electron chi connectivity index (χ2n) is 5.80. The first kappa shape index (κ1) is 21.6. The summed E-state index contributed by atoms with van der Waals surface area (Å²) in [7, 11) is -1.16. The monoisotopic (exact) mass is 395 g/mol. The number of hydrogen-bond acceptors (Lipinski definition) is 5. The van der Waals surface area contributed by atoms with Crippen molar-refractivity contribution in [3.8, 4) is 5.75 Å². The molecule has 1 fully saturated rings. The van der Waals surface area contributed by atoms with E-state index in [1.54, 1.807) is 4.90 Å². The van der Waals surface area contributed by atoms with E-state index in [-0.39, 0.29) is 36.3 Å². The molecule has 0 spiro atoms. The Morgan fingerprint density at radius 2 is 2.16 bits per heavy atom. The summed E-state index contributed by atoms with van der Waals surface area (Å²) in [6.07, 6.45) is 1.78. The number of sulfonamides is 1. The molecule has 0 bridgehead atoms. The van der Waals surface area contributed by atoms with Gasteiger partial charge in [-0.1, -0.05) is 0 Å². The van der Waals surface area contributed by atoms with Gasteiger partial charge in [0.2, 0.25) is 15.9 Å². The molecule has 1 aliphatic rings. The molecule has 1 aromatic rings. The Morgan fingerprint density at radius 1 is 1.48 bits per heavy atom. The van der Waals surface area contributed by atoms with E-state index in [4.69, 9.17) is 9.88 Å². The third-order valence-electron chi connectivity index (χ3n) is 4.12. The highest BCUT2D eigenvalue weighted by molar-refractivity contribution is 7.89. The molecule has 1 unspecified atom stereocenters. The molecular weight excluding hydrogens is 373 g/mol. The lowest BCUT2D eigenvalue weighted by molar-refractivity contribution is -0.131. The molecule has 0 aliphatic carbocycles. The number of benzene rings is 1. The minimum Gasteiger partial charge on any atom is -0.492 e. The van der Waals surface area contributed by atoms with Crippen molar-refractivity contribution in [2.75, 3.05) is 27.2 Å². The van der Waals surface area contributed by atoms with E-state index >= 15 is 0 Å². The number of rotatable bonds is 5. The summed E-state index contributed by atoms with van der Waals surface area (Å²) in [5.74, 6) is -1.49. The molecule has 1 heterocycles. The summed E-state index contributed by atoms with van der Waals surface area (Å²) >= 11 is 0. The summed E-state index contributed by atoms with van der Waals surface area (Å²) in [6.45, 7) is 1.22. The van der Waals surface area contributed by atoms with Gasteiger partial charge in [0.1, 0.15) is 4.90 Å². The Bertz CT molecular complexity index is 730. The fraction of sp³-hybridized carbons (Fsp3) is 0.533.